The fourth-order valence-corrected chi connectivity index (χ4v) is 3.10. The van der Waals surface area contributed by atoms with Crippen LogP contribution in [0.4, 0.5) is 0 Å². The fourth-order valence-electron chi connectivity index (χ4n) is 2.90. The molecule has 7 heteroatoms. The van der Waals surface area contributed by atoms with E-state index < -0.39 is 0 Å². The highest BCUT2D eigenvalue weighted by Gasteiger charge is 2.26. The maximum absolute atomic E-state index is 12.5. The minimum Gasteiger partial charge on any atom is -0.459 e. The Bertz CT molecular complexity index is 752. The molecule has 0 bridgehead atoms. The lowest BCUT2D eigenvalue weighted by Gasteiger charge is -2.34. The number of carbonyl (C=O) groups excluding carboxylic acids is 2. The van der Waals surface area contributed by atoms with E-state index in [0.29, 0.717) is 42.5 Å². The summed E-state index contributed by atoms with van der Waals surface area (Å²) >= 11 is 5.99. The lowest BCUT2D eigenvalue weighted by atomic mass is 10.0. The van der Waals surface area contributed by atoms with Crippen LogP contribution in [0.25, 0.3) is 0 Å². The van der Waals surface area contributed by atoms with Crippen molar-refractivity contribution in [2.45, 2.75) is 13.0 Å². The van der Waals surface area contributed by atoms with Gasteiger partial charge in [0, 0.05) is 31.2 Å². The third kappa shape index (κ3) is 4.03. The molecule has 1 N–H and O–H groups in total. The first-order chi connectivity index (χ1) is 12.1. The van der Waals surface area contributed by atoms with Crippen molar-refractivity contribution in [1.82, 2.24) is 9.80 Å². The summed E-state index contributed by atoms with van der Waals surface area (Å²) in [7, 11) is 0. The molecule has 1 aromatic carbocycles. The number of piperazine rings is 1. The number of hydrogen-bond acceptors (Lipinski definition) is 4. The van der Waals surface area contributed by atoms with E-state index in [2.05, 4.69) is 0 Å². The Labute approximate surface area is 150 Å². The molecule has 132 valence electrons. The molecule has 1 aromatic heterocycles. The van der Waals surface area contributed by atoms with Gasteiger partial charge < -0.3 is 19.3 Å². The summed E-state index contributed by atoms with van der Waals surface area (Å²) in [6, 6.07) is 8.44. The average molecular weight is 363 g/mol. The van der Waals surface area contributed by atoms with Crippen molar-refractivity contribution in [3.63, 3.8) is 0 Å². The third-order valence-corrected chi connectivity index (χ3v) is 4.57. The molecule has 0 atom stereocenters. The number of nitrogens with zero attached hydrogens (tertiary/aromatic N) is 2. The second kappa shape index (κ2) is 7.72. The van der Waals surface area contributed by atoms with Crippen LogP contribution in [-0.4, -0.2) is 52.9 Å². The zero-order valence-corrected chi connectivity index (χ0v) is 14.4. The second-order valence-electron chi connectivity index (χ2n) is 5.90. The lowest BCUT2D eigenvalue weighted by molar-refractivity contribution is -0.131. The van der Waals surface area contributed by atoms with Crippen LogP contribution in [0, 0.1) is 0 Å². The monoisotopic (exact) mass is 362 g/mol. The van der Waals surface area contributed by atoms with Crippen LogP contribution in [0.1, 0.15) is 21.7 Å². The zero-order valence-electron chi connectivity index (χ0n) is 13.7. The van der Waals surface area contributed by atoms with E-state index in [1.54, 1.807) is 40.1 Å². The maximum atomic E-state index is 12.5. The van der Waals surface area contributed by atoms with E-state index in [1.807, 2.05) is 0 Å². The van der Waals surface area contributed by atoms with E-state index in [4.69, 9.17) is 16.0 Å². The number of halogens is 1. The van der Waals surface area contributed by atoms with Crippen LogP contribution < -0.4 is 0 Å². The summed E-state index contributed by atoms with van der Waals surface area (Å²) in [5.74, 6) is 0.114. The first-order valence-corrected chi connectivity index (χ1v) is 8.45. The Morgan fingerprint density at radius 1 is 1.08 bits per heavy atom. The Kier molecular flexibility index (Phi) is 5.40. The van der Waals surface area contributed by atoms with Gasteiger partial charge in [0.1, 0.15) is 0 Å². The van der Waals surface area contributed by atoms with E-state index in [1.165, 1.54) is 6.26 Å². The number of rotatable bonds is 4. The second-order valence-corrected chi connectivity index (χ2v) is 6.33. The molecule has 2 heterocycles. The van der Waals surface area contributed by atoms with Crippen molar-refractivity contribution in [3.8, 4) is 0 Å². The average Bonchev–Trinajstić information content (AvgIpc) is 3.16. The van der Waals surface area contributed by atoms with Gasteiger partial charge in [-0.25, -0.2) is 0 Å². The number of aliphatic hydroxyl groups is 1. The Balaban J connectivity index is 1.59. The summed E-state index contributed by atoms with van der Waals surface area (Å²) in [5, 5.41) is 9.93. The molecule has 0 aliphatic carbocycles. The Morgan fingerprint density at radius 2 is 1.80 bits per heavy atom. The number of benzene rings is 1. The highest BCUT2D eigenvalue weighted by atomic mass is 35.5. The number of aliphatic hydroxyl groups excluding tert-OH is 1. The molecule has 25 heavy (non-hydrogen) atoms. The highest BCUT2D eigenvalue weighted by Crippen LogP contribution is 2.18. The fraction of sp³-hybridized carbons (Fsp3) is 0.333. The normalized spacial score (nSPS) is 14.6. The Morgan fingerprint density at radius 3 is 2.44 bits per heavy atom. The molecular formula is C18H19ClN2O4. The van der Waals surface area contributed by atoms with Crippen LogP contribution in [0.3, 0.4) is 0 Å². The smallest absolute Gasteiger partial charge is 0.289 e. The van der Waals surface area contributed by atoms with E-state index in [-0.39, 0.29) is 24.8 Å². The quantitative estimate of drug-likeness (QED) is 0.902. The number of carbonyl (C=O) groups is 2. The molecule has 0 unspecified atom stereocenters. The topological polar surface area (TPSA) is 74.0 Å². The van der Waals surface area contributed by atoms with Crippen LogP contribution in [0.15, 0.2) is 41.0 Å². The van der Waals surface area contributed by atoms with Gasteiger partial charge >= 0.3 is 0 Å². The van der Waals surface area contributed by atoms with E-state index in [0.717, 1.165) is 5.56 Å². The standard InChI is InChI=1S/C18H19ClN2O4/c19-15-4-3-13(12-22)14(10-15)11-17(23)20-5-7-21(8-6-20)18(24)16-2-1-9-25-16/h1-4,9-10,22H,5-8,11-12H2. The SMILES string of the molecule is O=C(Cc1cc(Cl)ccc1CO)N1CCN(C(=O)c2ccco2)CC1. The highest BCUT2D eigenvalue weighted by molar-refractivity contribution is 6.30. The third-order valence-electron chi connectivity index (χ3n) is 4.33. The Hall–Kier alpha value is -2.31. The number of hydrogen-bond donors (Lipinski definition) is 1. The van der Waals surface area contributed by atoms with Crippen LogP contribution >= 0.6 is 11.6 Å². The molecule has 0 saturated carbocycles. The minimum absolute atomic E-state index is 0.0398. The van der Waals surface area contributed by atoms with Crippen molar-refractivity contribution >= 4 is 23.4 Å². The maximum Gasteiger partial charge on any atom is 0.289 e. The van der Waals surface area contributed by atoms with E-state index >= 15 is 0 Å². The van der Waals surface area contributed by atoms with Crippen molar-refractivity contribution in [2.75, 3.05) is 26.2 Å². The van der Waals surface area contributed by atoms with Crippen molar-refractivity contribution in [3.05, 3.63) is 58.5 Å². The first-order valence-electron chi connectivity index (χ1n) is 8.07. The lowest BCUT2D eigenvalue weighted by Crippen LogP contribution is -2.51. The molecule has 2 aromatic rings. The van der Waals surface area contributed by atoms with Gasteiger partial charge in [-0.1, -0.05) is 17.7 Å². The predicted molar refractivity (Wildman–Crippen MR) is 92.3 cm³/mol. The molecule has 3 rings (SSSR count). The van der Waals surface area contributed by atoms with Crippen LogP contribution in [-0.2, 0) is 17.8 Å². The minimum atomic E-state index is -0.158. The number of furan rings is 1. The van der Waals surface area contributed by atoms with Gasteiger partial charge in [0.25, 0.3) is 5.91 Å². The summed E-state index contributed by atoms with van der Waals surface area (Å²) in [6.07, 6.45) is 1.65. The zero-order chi connectivity index (χ0) is 17.8. The van der Waals surface area contributed by atoms with Gasteiger partial charge in [-0.15, -0.1) is 0 Å². The van der Waals surface area contributed by atoms with Crippen LogP contribution in [0.2, 0.25) is 5.02 Å². The van der Waals surface area contributed by atoms with Gasteiger partial charge in [0.2, 0.25) is 5.91 Å². The molecule has 1 aliphatic rings. The van der Waals surface area contributed by atoms with Crippen molar-refractivity contribution < 1.29 is 19.1 Å². The molecule has 0 spiro atoms. The largest absolute Gasteiger partial charge is 0.459 e. The number of amides is 2. The van der Waals surface area contributed by atoms with Crippen LogP contribution in [0.5, 0.6) is 0 Å². The molecular weight excluding hydrogens is 344 g/mol. The molecule has 6 nitrogen and oxygen atoms in total. The van der Waals surface area contributed by atoms with Gasteiger partial charge in [-0.3, -0.25) is 9.59 Å². The van der Waals surface area contributed by atoms with Crippen molar-refractivity contribution in [1.29, 1.82) is 0 Å². The molecule has 0 radical (unpaired) electrons. The van der Waals surface area contributed by atoms with Gasteiger partial charge in [-0.2, -0.15) is 0 Å². The molecule has 2 amide bonds. The first kappa shape index (κ1) is 17.5. The summed E-state index contributed by atoms with van der Waals surface area (Å²) in [6.45, 7) is 1.74. The summed E-state index contributed by atoms with van der Waals surface area (Å²) in [4.78, 5) is 28.2. The molecule has 1 saturated heterocycles. The van der Waals surface area contributed by atoms with Crippen molar-refractivity contribution in [2.24, 2.45) is 0 Å². The van der Waals surface area contributed by atoms with E-state index in [9.17, 15) is 14.7 Å². The van der Waals surface area contributed by atoms with Gasteiger partial charge in [0.15, 0.2) is 5.76 Å². The summed E-state index contributed by atoms with van der Waals surface area (Å²) in [5.41, 5.74) is 1.43. The molecule has 1 fully saturated rings. The van der Waals surface area contributed by atoms with Gasteiger partial charge in [-0.05, 0) is 35.4 Å². The summed E-state index contributed by atoms with van der Waals surface area (Å²) < 4.78 is 5.13. The predicted octanol–water partition coefficient (Wildman–Crippen LogP) is 1.95. The van der Waals surface area contributed by atoms with Gasteiger partial charge in [0.05, 0.1) is 19.3 Å². The molecule has 1 aliphatic heterocycles.